The van der Waals surface area contributed by atoms with Crippen LogP contribution in [0.25, 0.3) is 0 Å². The molecule has 0 radical (unpaired) electrons. The van der Waals surface area contributed by atoms with E-state index in [2.05, 4.69) is 30.6 Å². The summed E-state index contributed by atoms with van der Waals surface area (Å²) in [5.74, 6) is -6.23. The van der Waals surface area contributed by atoms with E-state index in [1.54, 1.807) is 13.8 Å². The van der Waals surface area contributed by atoms with Gasteiger partial charge >= 0.3 is 12.4 Å². The van der Waals surface area contributed by atoms with Gasteiger partial charge in [0.05, 0.1) is 89.9 Å². The minimum atomic E-state index is -4.67. The van der Waals surface area contributed by atoms with Crippen molar-refractivity contribution in [3.8, 4) is 23.0 Å². The van der Waals surface area contributed by atoms with Crippen LogP contribution in [0, 0.1) is 93.9 Å². The van der Waals surface area contributed by atoms with Crippen LogP contribution in [0.4, 0.5) is 61.5 Å². The van der Waals surface area contributed by atoms with Crippen molar-refractivity contribution in [2.24, 2.45) is 47.3 Å². The summed E-state index contributed by atoms with van der Waals surface area (Å²) >= 11 is 11.9. The van der Waals surface area contributed by atoms with Crippen molar-refractivity contribution in [3.63, 3.8) is 0 Å². The normalized spacial score (nSPS) is 32.4. The number of sulfone groups is 4. The topological polar surface area (TPSA) is 324 Å². The maximum absolute atomic E-state index is 15.4. The van der Waals surface area contributed by atoms with Gasteiger partial charge in [-0.15, -0.1) is 0 Å². The molecule has 8 fully saturated rings. The molecule has 4 N–H and O–H groups in total. The van der Waals surface area contributed by atoms with Crippen LogP contribution in [0.5, 0.6) is 23.0 Å². The third-order valence-corrected chi connectivity index (χ3v) is 48.4. The second-order valence-corrected chi connectivity index (χ2v) is 55.3. The first-order valence-corrected chi connectivity index (χ1v) is 57.7. The number of sulfonamides is 2. The predicted octanol–water partition coefficient (Wildman–Crippen LogP) is 16.5. The summed E-state index contributed by atoms with van der Waals surface area (Å²) in [6.07, 6.45) is -7.38. The van der Waals surface area contributed by atoms with Crippen LogP contribution < -0.4 is 37.8 Å². The zero-order chi connectivity index (χ0) is 99.7. The Morgan fingerprint density at radius 2 is 0.565 bits per heavy atom. The van der Waals surface area contributed by atoms with E-state index < -0.39 is 282 Å². The number of nitrogens with one attached hydrogen (secondary N) is 4. The van der Waals surface area contributed by atoms with E-state index in [-0.39, 0.29) is 135 Å². The summed E-state index contributed by atoms with van der Waals surface area (Å²) in [6, 6.07) is 22.5. The van der Waals surface area contributed by atoms with Crippen LogP contribution in [0.2, 0.25) is 10.0 Å². The molecular formula is C92H92Cl2F14N4O18S8. The van der Waals surface area contributed by atoms with E-state index in [0.717, 1.165) is 72.8 Å². The second kappa shape index (κ2) is 36.2. The molecule has 0 amide bonds. The Hall–Kier alpha value is -7.86. The van der Waals surface area contributed by atoms with E-state index in [4.69, 9.17) is 42.1 Å². The number of ether oxygens (including phenoxy) is 4. The van der Waals surface area contributed by atoms with Crippen LogP contribution in [-0.2, 0) is 110 Å². The molecule has 46 heteroatoms. The molecule has 12 aliphatic rings. The van der Waals surface area contributed by atoms with Gasteiger partial charge in [-0.2, -0.15) is 26.3 Å². The van der Waals surface area contributed by atoms with Gasteiger partial charge in [-0.05, 0) is 271 Å². The molecule has 20 rings (SSSR count). The highest BCUT2D eigenvalue weighted by atomic mass is 35.5. The number of hydrogen-bond donors (Lipinski definition) is 4. The zero-order valence-corrected chi connectivity index (χ0v) is 81.2. The Morgan fingerprint density at radius 1 is 0.341 bits per heavy atom. The zero-order valence-electron chi connectivity index (χ0n) is 73.2. The molecule has 20 atom stereocenters. The van der Waals surface area contributed by atoms with Crippen LogP contribution in [0.15, 0.2) is 165 Å². The monoisotopic (exact) mass is 2130 g/mol. The Morgan fingerprint density at radius 3 is 0.804 bits per heavy atom. The largest absolute Gasteiger partial charge is 0.490 e. The number of rotatable bonds is 10. The number of alkyl halides is 6. The number of benzene rings is 8. The first kappa shape index (κ1) is 102. The molecule has 4 saturated heterocycles. The van der Waals surface area contributed by atoms with Crippen LogP contribution in [0.1, 0.15) is 137 Å². The lowest BCUT2D eigenvalue weighted by Gasteiger charge is -2.54. The lowest BCUT2D eigenvalue weighted by Crippen LogP contribution is -2.63. The summed E-state index contributed by atoms with van der Waals surface area (Å²) in [5, 5.41) is -0.731. The third kappa shape index (κ3) is 16.7. The van der Waals surface area contributed by atoms with E-state index in [1.165, 1.54) is 48.5 Å². The second-order valence-electron chi connectivity index (χ2n) is 37.1. The molecule has 22 nitrogen and oxygen atoms in total. The molecule has 138 heavy (non-hydrogen) atoms. The van der Waals surface area contributed by atoms with Gasteiger partial charge in [0.25, 0.3) is 0 Å². The molecule has 4 aliphatic carbocycles. The van der Waals surface area contributed by atoms with E-state index in [0.29, 0.717) is 60.0 Å². The van der Waals surface area contributed by atoms with Gasteiger partial charge < -0.3 is 18.9 Å². The lowest BCUT2D eigenvalue weighted by molar-refractivity contribution is -0.138. The van der Waals surface area contributed by atoms with Gasteiger partial charge in [-0.25, -0.2) is 105 Å². The smallest absolute Gasteiger partial charge is 0.416 e. The standard InChI is InChI=1S/2C23H24ClF2NO5S2.2C23H22F5NO4S2/c2*1-2-14-11-16-17-12-32-22-19(26)8-7-18(25)21(22)23(17,10-9-20(16)27-34(14,30)31)33(28,29)15-5-3-13(24)4-6-15;2*1-34(30)11-9-15-16-12-33-21-18(25)7-6-17(24)20(21)22(16,10-8-19(15)29-34)35(31,32)14-4-2-13(3-5-14)23(26,27)28/h2*3-8,14,16-17,20,27H,2,9-12H2,1H3;2*2-7,15-16,19H,1,8-12H2,(H,29,30)/t2*14-,16+,17+,20-,23+;15-,16-,19+,22-,34?;15-,16-,19-,22-,34?/m1010/s1. The number of halogens is 16. The summed E-state index contributed by atoms with van der Waals surface area (Å²) in [7, 11) is -29.9. The average molecular weight is 2140 g/mol. The Balaban J connectivity index is 0.000000127. The third-order valence-electron chi connectivity index (χ3n) is 30.3. The molecule has 2 unspecified atom stereocenters. The highest BCUT2D eigenvalue weighted by Gasteiger charge is 2.69. The van der Waals surface area contributed by atoms with Gasteiger partial charge in [-0.1, -0.05) is 37.0 Å². The van der Waals surface area contributed by atoms with Crippen molar-refractivity contribution < 1.29 is 139 Å². The van der Waals surface area contributed by atoms with Crippen molar-refractivity contribution in [3.05, 3.63) is 236 Å². The van der Waals surface area contributed by atoms with Crippen molar-refractivity contribution >= 4 is 114 Å². The van der Waals surface area contributed by atoms with Crippen molar-refractivity contribution in [1.82, 2.24) is 18.9 Å². The van der Waals surface area contributed by atoms with Crippen molar-refractivity contribution in [2.75, 3.05) is 37.9 Å². The minimum absolute atomic E-state index is 0.0553. The van der Waals surface area contributed by atoms with Gasteiger partial charge in [0, 0.05) is 88.8 Å². The molecule has 748 valence electrons. The minimum Gasteiger partial charge on any atom is -0.490 e. The SMILES string of the molecule is C=S1(=O)CC[C@@H]2[C@H](CC[C@@]3(S(=O)(=O)c4ccc(C(F)(F)F)cc4)c4c(F)ccc(F)c4OC[C@@H]23)N1.C=S1(=O)CC[C@H]2[C@H](CC[C@]3(S(=O)(=O)c4ccc(C(F)(F)F)cc4)c4c(F)ccc(F)c4OC[C@H]23)N1.CC[C@@H]1C[C@@H]2[C@@H](CC[C@@]3(S(=O)(=O)c4ccc(Cl)cc4)c4c(F)ccc(F)c4OC[C@@H]23)NS1(=O)=O.CC[C@H]1C[C@H]2[C@H](CC[C@]3(S(=O)(=O)c4ccc(Cl)cc4)c4c(F)ccc(F)c4OC[C@H]23)NS1(=O)=O. The van der Waals surface area contributed by atoms with E-state index >= 15 is 17.6 Å². The fourth-order valence-corrected chi connectivity index (χ4v) is 40.8. The number of fused-ring (bicyclic) bond motifs is 20. The average Bonchev–Trinajstić information content (AvgIpc) is 0.703. The van der Waals surface area contributed by atoms with Crippen LogP contribution in [0.3, 0.4) is 0 Å². The molecule has 8 heterocycles. The van der Waals surface area contributed by atoms with Gasteiger partial charge in [0.2, 0.25) is 20.0 Å². The van der Waals surface area contributed by atoms with Crippen molar-refractivity contribution in [1.29, 1.82) is 0 Å². The summed E-state index contributed by atoms with van der Waals surface area (Å²) < 4.78 is 415. The molecule has 4 saturated carbocycles. The Bertz CT molecular complexity index is 6760. The molecule has 0 bridgehead atoms. The van der Waals surface area contributed by atoms with Crippen molar-refractivity contribution in [2.45, 2.75) is 189 Å². The molecular weight excluding hydrogens is 2040 g/mol. The molecule has 8 aromatic rings. The highest BCUT2D eigenvalue weighted by Crippen LogP contribution is 2.66. The van der Waals surface area contributed by atoms with Crippen LogP contribution in [-0.4, -0.2) is 143 Å². The number of hydrogen-bond acceptors (Lipinski definition) is 18. The lowest BCUT2D eigenvalue weighted by atomic mass is 9.64. The van der Waals surface area contributed by atoms with Crippen LogP contribution >= 0.6 is 23.2 Å². The predicted molar refractivity (Wildman–Crippen MR) is 486 cm³/mol. The fourth-order valence-electron chi connectivity index (χ4n) is 24.0. The summed E-state index contributed by atoms with van der Waals surface area (Å²) in [5.41, 5.74) is -3.54. The van der Waals surface area contributed by atoms with E-state index in [1.807, 2.05) is 0 Å². The maximum Gasteiger partial charge on any atom is 0.416 e. The quantitative estimate of drug-likeness (QED) is 0.0730. The molecule has 0 aromatic heterocycles. The maximum atomic E-state index is 15.4. The molecule has 8 aliphatic heterocycles. The van der Waals surface area contributed by atoms with Gasteiger partial charge in [-0.3, -0.25) is 8.42 Å². The molecule has 0 spiro atoms. The Kier molecular flexibility index (Phi) is 26.6. The Labute approximate surface area is 799 Å². The summed E-state index contributed by atoms with van der Waals surface area (Å²) in [6.45, 7) is 2.70. The van der Waals surface area contributed by atoms with Gasteiger partial charge in [0.15, 0.2) is 85.6 Å². The first-order chi connectivity index (χ1) is 64.6. The van der Waals surface area contributed by atoms with Gasteiger partial charge in [0.1, 0.15) is 42.3 Å². The van der Waals surface area contributed by atoms with E-state index in [9.17, 15) is 103 Å². The fraction of sp³-hybridized carbons (Fsp3) is 0.457. The molecule has 8 aromatic carbocycles. The first-order valence-electron chi connectivity index (χ1n) is 44.2. The summed E-state index contributed by atoms with van der Waals surface area (Å²) in [4.78, 5) is -0.953. The highest BCUT2D eigenvalue weighted by molar-refractivity contribution is 7.99.